The molecule has 7 nitrogen and oxygen atoms in total. The van der Waals surface area contributed by atoms with E-state index >= 15 is 0 Å². The molecule has 140 valence electrons. The molecule has 4 rings (SSSR count). The summed E-state index contributed by atoms with van der Waals surface area (Å²) in [6.07, 6.45) is 2.80. The molecule has 1 amide bonds. The molecule has 3 aromatic rings. The van der Waals surface area contributed by atoms with Crippen molar-refractivity contribution in [1.29, 1.82) is 0 Å². The van der Waals surface area contributed by atoms with Gasteiger partial charge in [0, 0.05) is 32.3 Å². The molecule has 0 aliphatic carbocycles. The van der Waals surface area contributed by atoms with E-state index in [0.29, 0.717) is 17.3 Å². The minimum absolute atomic E-state index is 0.195. The average molecular weight is 368 g/mol. The highest BCUT2D eigenvalue weighted by Crippen LogP contribution is 2.31. The Morgan fingerprint density at radius 1 is 1.30 bits per heavy atom. The number of anilines is 2. The van der Waals surface area contributed by atoms with Crippen LogP contribution in [0.5, 0.6) is 0 Å². The first-order valence-electron chi connectivity index (χ1n) is 9.05. The van der Waals surface area contributed by atoms with E-state index in [1.807, 2.05) is 0 Å². The first-order valence-corrected chi connectivity index (χ1v) is 9.05. The monoisotopic (exact) mass is 368 g/mol. The Bertz CT molecular complexity index is 993. The molecule has 0 spiro atoms. The predicted molar refractivity (Wildman–Crippen MR) is 102 cm³/mol. The number of hydrogen-bond acceptors (Lipinski definition) is 5. The molecule has 1 atom stereocenters. The number of amides is 1. The zero-order valence-corrected chi connectivity index (χ0v) is 15.3. The van der Waals surface area contributed by atoms with Crippen LogP contribution in [0.2, 0.25) is 0 Å². The van der Waals surface area contributed by atoms with E-state index in [-0.39, 0.29) is 5.91 Å². The molecule has 4 heterocycles. The molecule has 1 N–H and O–H groups in total. The highest BCUT2D eigenvalue weighted by Gasteiger charge is 2.22. The fraction of sp³-hybridized carbons (Fsp3) is 0.368. The number of carbonyl (C=O) groups is 1. The molecule has 3 aromatic heterocycles. The third-order valence-corrected chi connectivity index (χ3v) is 4.64. The van der Waals surface area contributed by atoms with Gasteiger partial charge in [0.2, 0.25) is 5.91 Å². The van der Waals surface area contributed by atoms with Crippen LogP contribution < -0.4 is 10.2 Å². The SMILES string of the molecule is CC(=O)Nc1cc2c(cn1)c(N1CCCC1)nn2-c1cccc(C(C)F)n1. The van der Waals surface area contributed by atoms with Gasteiger partial charge in [0.05, 0.1) is 16.6 Å². The molecule has 1 unspecified atom stereocenters. The van der Waals surface area contributed by atoms with Crippen LogP contribution in [-0.4, -0.2) is 38.7 Å². The topological polar surface area (TPSA) is 75.9 Å². The number of hydrogen-bond donors (Lipinski definition) is 1. The van der Waals surface area contributed by atoms with Gasteiger partial charge in [-0.15, -0.1) is 5.10 Å². The third kappa shape index (κ3) is 3.34. The van der Waals surface area contributed by atoms with Gasteiger partial charge in [-0.1, -0.05) is 6.07 Å². The Hall–Kier alpha value is -3.03. The number of carbonyl (C=O) groups excluding carboxylic acids is 1. The summed E-state index contributed by atoms with van der Waals surface area (Å²) in [7, 11) is 0. The maximum Gasteiger partial charge on any atom is 0.222 e. The minimum Gasteiger partial charge on any atom is -0.355 e. The zero-order valence-electron chi connectivity index (χ0n) is 15.3. The van der Waals surface area contributed by atoms with Gasteiger partial charge in [0.1, 0.15) is 12.0 Å². The maximum atomic E-state index is 13.7. The van der Waals surface area contributed by atoms with Crippen molar-refractivity contribution >= 4 is 28.4 Å². The number of aromatic nitrogens is 4. The molecular weight excluding hydrogens is 347 g/mol. The fourth-order valence-corrected chi connectivity index (χ4v) is 3.36. The lowest BCUT2D eigenvalue weighted by Crippen LogP contribution is -2.18. The van der Waals surface area contributed by atoms with Gasteiger partial charge in [-0.3, -0.25) is 4.79 Å². The number of nitrogens with zero attached hydrogens (tertiary/aromatic N) is 5. The standard InChI is InChI=1S/C19H21FN6O/c1-12(20)15-6-5-7-18(23-15)26-16-10-17(22-13(2)27)21-11-14(16)19(24-26)25-8-3-4-9-25/h5-7,10-12H,3-4,8-9H2,1-2H3,(H,21,22,27). The van der Waals surface area contributed by atoms with Crippen LogP contribution in [0, 0.1) is 0 Å². The second kappa shape index (κ2) is 6.94. The molecule has 0 saturated carbocycles. The molecule has 1 fully saturated rings. The van der Waals surface area contributed by atoms with Crippen LogP contribution in [0.4, 0.5) is 16.0 Å². The molecule has 8 heteroatoms. The summed E-state index contributed by atoms with van der Waals surface area (Å²) in [5.41, 5.74) is 1.13. The van der Waals surface area contributed by atoms with Crippen LogP contribution in [0.15, 0.2) is 30.5 Å². The first kappa shape index (κ1) is 17.4. The predicted octanol–water partition coefficient (Wildman–Crippen LogP) is 3.40. The van der Waals surface area contributed by atoms with Crippen LogP contribution in [-0.2, 0) is 4.79 Å². The Labute approximate surface area is 156 Å². The van der Waals surface area contributed by atoms with E-state index in [2.05, 4.69) is 20.2 Å². The Kier molecular flexibility index (Phi) is 4.47. The van der Waals surface area contributed by atoms with Crippen LogP contribution >= 0.6 is 0 Å². The van der Waals surface area contributed by atoms with Crippen molar-refractivity contribution in [3.63, 3.8) is 0 Å². The Morgan fingerprint density at radius 2 is 2.07 bits per heavy atom. The van der Waals surface area contributed by atoms with Crippen molar-refractivity contribution in [2.24, 2.45) is 0 Å². The zero-order chi connectivity index (χ0) is 19.0. The molecule has 1 aliphatic heterocycles. The summed E-state index contributed by atoms with van der Waals surface area (Å²) in [5, 5.41) is 8.35. The maximum absolute atomic E-state index is 13.7. The minimum atomic E-state index is -1.17. The lowest BCUT2D eigenvalue weighted by Gasteiger charge is -2.14. The van der Waals surface area contributed by atoms with E-state index in [1.165, 1.54) is 13.8 Å². The van der Waals surface area contributed by atoms with E-state index in [9.17, 15) is 9.18 Å². The van der Waals surface area contributed by atoms with E-state index < -0.39 is 6.17 Å². The van der Waals surface area contributed by atoms with Crippen molar-refractivity contribution in [1.82, 2.24) is 19.7 Å². The quantitative estimate of drug-likeness (QED) is 0.764. The van der Waals surface area contributed by atoms with Crippen molar-refractivity contribution in [2.45, 2.75) is 32.9 Å². The number of nitrogens with one attached hydrogen (secondary N) is 1. The molecular formula is C19H21FN6O. The normalized spacial score (nSPS) is 15.3. The van der Waals surface area contributed by atoms with Crippen LogP contribution in [0.1, 0.15) is 38.6 Å². The van der Waals surface area contributed by atoms with Crippen molar-refractivity contribution < 1.29 is 9.18 Å². The summed E-state index contributed by atoms with van der Waals surface area (Å²) in [6.45, 7) is 4.78. The summed E-state index contributed by atoms with van der Waals surface area (Å²) in [5.74, 6) is 1.62. The summed E-state index contributed by atoms with van der Waals surface area (Å²) in [6, 6.07) is 7.00. The second-order valence-electron chi connectivity index (χ2n) is 6.73. The first-order chi connectivity index (χ1) is 13.0. The summed E-state index contributed by atoms with van der Waals surface area (Å²) < 4.78 is 15.4. The molecule has 0 bridgehead atoms. The number of fused-ring (bicyclic) bond motifs is 1. The highest BCUT2D eigenvalue weighted by molar-refractivity contribution is 5.95. The molecule has 0 radical (unpaired) electrons. The van der Waals surface area contributed by atoms with Gasteiger partial charge in [0.15, 0.2) is 11.6 Å². The number of rotatable bonds is 4. The van der Waals surface area contributed by atoms with E-state index in [0.717, 1.165) is 42.7 Å². The van der Waals surface area contributed by atoms with Gasteiger partial charge in [-0.2, -0.15) is 0 Å². The van der Waals surface area contributed by atoms with Gasteiger partial charge in [-0.25, -0.2) is 19.0 Å². The van der Waals surface area contributed by atoms with Crippen molar-refractivity contribution in [3.05, 3.63) is 36.2 Å². The summed E-state index contributed by atoms with van der Waals surface area (Å²) >= 11 is 0. The Balaban J connectivity index is 1.89. The molecule has 0 aromatic carbocycles. The summed E-state index contributed by atoms with van der Waals surface area (Å²) in [4.78, 5) is 22.4. The molecule has 1 aliphatic rings. The van der Waals surface area contributed by atoms with Gasteiger partial charge in [-0.05, 0) is 31.9 Å². The van der Waals surface area contributed by atoms with Crippen molar-refractivity contribution in [2.75, 3.05) is 23.3 Å². The number of halogens is 1. The fourth-order valence-electron chi connectivity index (χ4n) is 3.36. The highest BCUT2D eigenvalue weighted by atomic mass is 19.1. The molecule has 27 heavy (non-hydrogen) atoms. The lowest BCUT2D eigenvalue weighted by molar-refractivity contribution is -0.114. The van der Waals surface area contributed by atoms with Crippen LogP contribution in [0.3, 0.4) is 0 Å². The largest absolute Gasteiger partial charge is 0.355 e. The third-order valence-electron chi connectivity index (χ3n) is 4.64. The lowest BCUT2D eigenvalue weighted by atomic mass is 10.2. The van der Waals surface area contributed by atoms with Gasteiger partial charge in [0.25, 0.3) is 0 Å². The van der Waals surface area contributed by atoms with E-state index in [4.69, 9.17) is 5.10 Å². The Morgan fingerprint density at radius 3 is 2.78 bits per heavy atom. The van der Waals surface area contributed by atoms with Gasteiger partial charge >= 0.3 is 0 Å². The average Bonchev–Trinajstić information content (AvgIpc) is 3.28. The number of pyridine rings is 2. The van der Waals surface area contributed by atoms with Crippen LogP contribution in [0.25, 0.3) is 16.7 Å². The van der Waals surface area contributed by atoms with E-state index in [1.54, 1.807) is 35.1 Å². The molecule has 1 saturated heterocycles. The number of alkyl halides is 1. The second-order valence-corrected chi connectivity index (χ2v) is 6.73. The smallest absolute Gasteiger partial charge is 0.222 e. The van der Waals surface area contributed by atoms with Crippen molar-refractivity contribution in [3.8, 4) is 5.82 Å². The van der Waals surface area contributed by atoms with Gasteiger partial charge < -0.3 is 10.2 Å².